The van der Waals surface area contributed by atoms with Gasteiger partial charge in [-0.25, -0.2) is 0 Å². The highest BCUT2D eigenvalue weighted by molar-refractivity contribution is 5.79. The van der Waals surface area contributed by atoms with Gasteiger partial charge in [-0.05, 0) is 37.8 Å². The fraction of sp³-hybridized carbons (Fsp3) is 0.650. The molecular weight excluding hydrogens is 300 g/mol. The minimum absolute atomic E-state index is 0.0590. The Morgan fingerprint density at radius 2 is 2.04 bits per heavy atom. The molecule has 0 aliphatic carbocycles. The number of ether oxygens (including phenoxy) is 1. The lowest BCUT2D eigenvalue weighted by Crippen LogP contribution is -2.62. The van der Waals surface area contributed by atoms with Gasteiger partial charge in [-0.2, -0.15) is 0 Å². The van der Waals surface area contributed by atoms with E-state index in [0.29, 0.717) is 25.0 Å². The Labute approximate surface area is 145 Å². The summed E-state index contributed by atoms with van der Waals surface area (Å²) < 4.78 is 5.89. The van der Waals surface area contributed by atoms with Crippen molar-refractivity contribution >= 4 is 5.91 Å². The molecule has 2 saturated heterocycles. The third-order valence-corrected chi connectivity index (χ3v) is 5.95. The molecule has 4 nitrogen and oxygen atoms in total. The summed E-state index contributed by atoms with van der Waals surface area (Å²) in [6.45, 7) is 5.76. The third kappa shape index (κ3) is 3.35. The highest BCUT2D eigenvalue weighted by Gasteiger charge is 2.51. The van der Waals surface area contributed by atoms with E-state index in [2.05, 4.69) is 28.9 Å². The van der Waals surface area contributed by atoms with Gasteiger partial charge in [-0.1, -0.05) is 37.3 Å². The van der Waals surface area contributed by atoms with Crippen molar-refractivity contribution in [2.45, 2.75) is 57.2 Å². The summed E-state index contributed by atoms with van der Waals surface area (Å²) in [5.74, 6) is 0.315. The van der Waals surface area contributed by atoms with Crippen molar-refractivity contribution in [2.24, 2.45) is 0 Å². The molecule has 2 atom stereocenters. The number of likely N-dealkylation sites (N-methyl/N-ethyl adjacent to an activating group) is 1. The van der Waals surface area contributed by atoms with E-state index in [0.717, 1.165) is 39.0 Å². The molecule has 132 valence electrons. The number of amides is 1. The standard InChI is InChI=1S/C20H30N2O2/c1-3-18-20(12-10-19(23)21(20)2)11-7-13-22(18)14-15-24-16-17-8-5-4-6-9-17/h4-6,8-9,18H,3,7,10-16H2,1-2H3/t18-,20-/m1/s1. The number of carbonyl (C=O) groups excluding carboxylic acids is 1. The Morgan fingerprint density at radius 1 is 1.25 bits per heavy atom. The van der Waals surface area contributed by atoms with Crippen LogP contribution in [0.15, 0.2) is 30.3 Å². The molecule has 1 spiro atoms. The lowest BCUT2D eigenvalue weighted by Gasteiger charge is -2.51. The second-order valence-electron chi connectivity index (χ2n) is 7.16. The molecule has 3 rings (SSSR count). The van der Waals surface area contributed by atoms with Crippen LogP contribution >= 0.6 is 0 Å². The van der Waals surface area contributed by atoms with E-state index in [1.807, 2.05) is 25.2 Å². The fourth-order valence-electron chi connectivity index (χ4n) is 4.69. The first-order chi connectivity index (χ1) is 11.7. The van der Waals surface area contributed by atoms with Crippen LogP contribution in [0.5, 0.6) is 0 Å². The van der Waals surface area contributed by atoms with Crippen LogP contribution in [0.1, 0.15) is 44.6 Å². The zero-order valence-electron chi connectivity index (χ0n) is 15.0. The van der Waals surface area contributed by atoms with Crippen molar-refractivity contribution in [1.29, 1.82) is 0 Å². The van der Waals surface area contributed by atoms with Gasteiger partial charge in [0.15, 0.2) is 0 Å². The molecule has 0 saturated carbocycles. The molecule has 1 amide bonds. The van der Waals surface area contributed by atoms with Gasteiger partial charge in [-0.3, -0.25) is 9.69 Å². The summed E-state index contributed by atoms with van der Waals surface area (Å²) in [4.78, 5) is 16.7. The molecule has 1 aromatic rings. The molecule has 2 heterocycles. The van der Waals surface area contributed by atoms with Gasteiger partial charge >= 0.3 is 0 Å². The summed E-state index contributed by atoms with van der Waals surface area (Å²) in [5, 5.41) is 0. The number of hydrogen-bond acceptors (Lipinski definition) is 3. The molecule has 2 aliphatic heterocycles. The van der Waals surface area contributed by atoms with E-state index in [1.54, 1.807) is 0 Å². The second kappa shape index (κ2) is 7.66. The Hall–Kier alpha value is -1.39. The highest BCUT2D eigenvalue weighted by atomic mass is 16.5. The van der Waals surface area contributed by atoms with Crippen molar-refractivity contribution in [3.63, 3.8) is 0 Å². The molecule has 24 heavy (non-hydrogen) atoms. The maximum Gasteiger partial charge on any atom is 0.222 e. The number of rotatable bonds is 6. The molecule has 0 bridgehead atoms. The van der Waals surface area contributed by atoms with Crippen LogP contribution in [0.2, 0.25) is 0 Å². The number of nitrogens with zero attached hydrogens (tertiary/aromatic N) is 2. The van der Waals surface area contributed by atoms with E-state index in [4.69, 9.17) is 4.74 Å². The monoisotopic (exact) mass is 330 g/mol. The maximum absolute atomic E-state index is 12.1. The minimum atomic E-state index is 0.0590. The number of benzene rings is 1. The van der Waals surface area contributed by atoms with Gasteiger partial charge < -0.3 is 9.64 Å². The maximum atomic E-state index is 12.1. The van der Waals surface area contributed by atoms with Crippen LogP contribution in [0.3, 0.4) is 0 Å². The molecule has 2 fully saturated rings. The minimum Gasteiger partial charge on any atom is -0.375 e. The van der Waals surface area contributed by atoms with Crippen molar-refractivity contribution in [3.8, 4) is 0 Å². The van der Waals surface area contributed by atoms with Crippen molar-refractivity contribution in [1.82, 2.24) is 9.80 Å². The van der Waals surface area contributed by atoms with Crippen LogP contribution in [-0.2, 0) is 16.1 Å². The van der Waals surface area contributed by atoms with Gasteiger partial charge in [0, 0.05) is 26.1 Å². The number of carbonyl (C=O) groups is 1. The molecule has 0 N–H and O–H groups in total. The molecular formula is C20H30N2O2. The van der Waals surface area contributed by atoms with Crippen LogP contribution < -0.4 is 0 Å². The van der Waals surface area contributed by atoms with Gasteiger partial charge in [-0.15, -0.1) is 0 Å². The molecule has 0 unspecified atom stereocenters. The van der Waals surface area contributed by atoms with Crippen LogP contribution in [0, 0.1) is 0 Å². The number of hydrogen-bond donors (Lipinski definition) is 0. The van der Waals surface area contributed by atoms with E-state index in [9.17, 15) is 4.79 Å². The normalized spacial score (nSPS) is 28.0. The second-order valence-corrected chi connectivity index (χ2v) is 7.16. The number of piperidine rings is 1. The first-order valence-corrected chi connectivity index (χ1v) is 9.30. The average Bonchev–Trinajstić information content (AvgIpc) is 2.89. The van der Waals surface area contributed by atoms with Gasteiger partial charge in [0.05, 0.1) is 18.8 Å². The molecule has 2 aliphatic rings. The zero-order valence-corrected chi connectivity index (χ0v) is 15.0. The van der Waals surface area contributed by atoms with Gasteiger partial charge in [0.1, 0.15) is 0 Å². The van der Waals surface area contributed by atoms with E-state index in [1.165, 1.54) is 12.0 Å². The number of likely N-dealkylation sites (tertiary alicyclic amines) is 2. The van der Waals surface area contributed by atoms with Gasteiger partial charge in [0.25, 0.3) is 0 Å². The third-order valence-electron chi connectivity index (χ3n) is 5.95. The summed E-state index contributed by atoms with van der Waals surface area (Å²) in [7, 11) is 2.01. The molecule has 0 aromatic heterocycles. The summed E-state index contributed by atoms with van der Waals surface area (Å²) in [6, 6.07) is 10.8. The highest BCUT2D eigenvalue weighted by Crippen LogP contribution is 2.42. The van der Waals surface area contributed by atoms with E-state index < -0.39 is 0 Å². The molecule has 4 heteroatoms. The largest absolute Gasteiger partial charge is 0.375 e. The topological polar surface area (TPSA) is 32.8 Å². The van der Waals surface area contributed by atoms with Crippen LogP contribution in [0.4, 0.5) is 0 Å². The first kappa shape index (κ1) is 17.4. The molecule has 0 radical (unpaired) electrons. The Bertz CT molecular complexity index is 548. The predicted molar refractivity (Wildman–Crippen MR) is 95.7 cm³/mol. The van der Waals surface area contributed by atoms with Crippen LogP contribution in [0.25, 0.3) is 0 Å². The summed E-state index contributed by atoms with van der Waals surface area (Å²) in [6.07, 6.45) is 5.14. The van der Waals surface area contributed by atoms with E-state index in [-0.39, 0.29) is 5.54 Å². The first-order valence-electron chi connectivity index (χ1n) is 9.30. The summed E-state index contributed by atoms with van der Waals surface area (Å²) in [5.41, 5.74) is 1.28. The summed E-state index contributed by atoms with van der Waals surface area (Å²) >= 11 is 0. The Morgan fingerprint density at radius 3 is 2.71 bits per heavy atom. The zero-order chi connectivity index (χ0) is 17.0. The predicted octanol–water partition coefficient (Wildman–Crippen LogP) is 3.07. The lowest BCUT2D eigenvalue weighted by atomic mass is 9.77. The molecule has 1 aromatic carbocycles. The van der Waals surface area contributed by atoms with Crippen molar-refractivity contribution in [2.75, 3.05) is 26.7 Å². The average molecular weight is 330 g/mol. The Kier molecular flexibility index (Phi) is 5.57. The fourth-order valence-corrected chi connectivity index (χ4v) is 4.69. The van der Waals surface area contributed by atoms with Crippen molar-refractivity contribution < 1.29 is 9.53 Å². The Balaban J connectivity index is 1.56. The van der Waals surface area contributed by atoms with E-state index >= 15 is 0 Å². The van der Waals surface area contributed by atoms with Gasteiger partial charge in [0.2, 0.25) is 5.91 Å². The van der Waals surface area contributed by atoms with Crippen LogP contribution in [-0.4, -0.2) is 54.0 Å². The lowest BCUT2D eigenvalue weighted by molar-refractivity contribution is -0.133. The smallest absolute Gasteiger partial charge is 0.222 e. The quantitative estimate of drug-likeness (QED) is 0.752. The SMILES string of the molecule is CC[C@H]1N(CCOCc2ccccc2)CCC[C@@]12CCC(=O)N2C. The van der Waals surface area contributed by atoms with Crippen molar-refractivity contribution in [3.05, 3.63) is 35.9 Å².